The first-order valence-corrected chi connectivity index (χ1v) is 11.5. The van der Waals surface area contributed by atoms with Gasteiger partial charge < -0.3 is 14.8 Å². The Labute approximate surface area is 200 Å². The van der Waals surface area contributed by atoms with Crippen LogP contribution in [0, 0.1) is 5.82 Å². The summed E-state index contributed by atoms with van der Waals surface area (Å²) in [7, 11) is 0. The molecule has 0 saturated carbocycles. The van der Waals surface area contributed by atoms with Gasteiger partial charge in [0.25, 0.3) is 0 Å². The zero-order valence-electron chi connectivity index (χ0n) is 17.5. The van der Waals surface area contributed by atoms with E-state index in [1.807, 2.05) is 37.3 Å². The van der Waals surface area contributed by atoms with Crippen LogP contribution in [-0.4, -0.2) is 6.61 Å². The summed E-state index contributed by atoms with van der Waals surface area (Å²) in [6.45, 7) is 3.25. The number of rotatable bonds is 8. The van der Waals surface area contributed by atoms with Crippen molar-refractivity contribution < 1.29 is 13.9 Å². The molecule has 3 nitrogen and oxygen atoms in total. The van der Waals surface area contributed by atoms with E-state index in [0.29, 0.717) is 35.2 Å². The third-order valence-corrected chi connectivity index (χ3v) is 5.97. The van der Waals surface area contributed by atoms with E-state index in [1.165, 1.54) is 22.9 Å². The van der Waals surface area contributed by atoms with E-state index >= 15 is 0 Å². The first-order valence-electron chi connectivity index (χ1n) is 10.3. The first-order chi connectivity index (χ1) is 15.5. The van der Waals surface area contributed by atoms with Crippen molar-refractivity contribution in [2.24, 2.45) is 0 Å². The van der Waals surface area contributed by atoms with Crippen LogP contribution < -0.4 is 14.8 Å². The summed E-state index contributed by atoms with van der Waals surface area (Å²) in [5, 5.41) is 6.22. The Morgan fingerprint density at radius 1 is 0.969 bits per heavy atom. The van der Waals surface area contributed by atoms with Crippen LogP contribution in [0.15, 0.2) is 77.3 Å². The molecule has 0 spiro atoms. The smallest absolute Gasteiger partial charge is 0.175 e. The maximum atomic E-state index is 13.3. The molecule has 0 aliphatic carbocycles. The molecule has 6 heteroatoms. The number of benzene rings is 4. The van der Waals surface area contributed by atoms with Crippen LogP contribution in [0.4, 0.5) is 10.1 Å². The number of fused-ring (bicyclic) bond motifs is 1. The number of halogens is 3. The predicted molar refractivity (Wildman–Crippen MR) is 132 cm³/mol. The summed E-state index contributed by atoms with van der Waals surface area (Å²) in [5.74, 6) is 0.842. The van der Waals surface area contributed by atoms with Crippen molar-refractivity contribution in [3.05, 3.63) is 99.2 Å². The van der Waals surface area contributed by atoms with Crippen molar-refractivity contribution >= 4 is 44.0 Å². The van der Waals surface area contributed by atoms with Gasteiger partial charge in [-0.3, -0.25) is 0 Å². The Hall–Kier alpha value is -2.76. The molecule has 4 rings (SSSR count). The molecule has 0 aliphatic heterocycles. The topological polar surface area (TPSA) is 30.5 Å². The minimum absolute atomic E-state index is 0.200. The van der Waals surface area contributed by atoms with Crippen LogP contribution in [0.25, 0.3) is 10.8 Å². The van der Waals surface area contributed by atoms with Crippen LogP contribution in [0.1, 0.15) is 18.1 Å². The Bertz CT molecular complexity index is 1240. The molecule has 1 N–H and O–H groups in total. The molecule has 0 aliphatic rings. The Morgan fingerprint density at radius 2 is 1.78 bits per heavy atom. The molecule has 164 valence electrons. The van der Waals surface area contributed by atoms with Crippen LogP contribution in [-0.2, 0) is 13.2 Å². The van der Waals surface area contributed by atoms with Crippen molar-refractivity contribution in [1.82, 2.24) is 0 Å². The van der Waals surface area contributed by atoms with Gasteiger partial charge in [-0.15, -0.1) is 0 Å². The lowest BCUT2D eigenvalue weighted by atomic mass is 10.1. The average Bonchev–Trinajstić information content (AvgIpc) is 2.78. The molecular weight excluding hydrogens is 493 g/mol. The van der Waals surface area contributed by atoms with Gasteiger partial charge in [-0.05, 0) is 64.1 Å². The van der Waals surface area contributed by atoms with E-state index in [-0.39, 0.29) is 12.4 Å². The van der Waals surface area contributed by atoms with E-state index in [0.717, 1.165) is 15.7 Å². The monoisotopic (exact) mass is 513 g/mol. The zero-order chi connectivity index (χ0) is 22.5. The standard InChI is InChI=1S/C26H22BrClFNO2/c1-2-31-25-13-17(15-30-24-9-5-7-18-6-3-4-8-21(18)24)12-22(27)26(25)32-16-19-10-11-20(29)14-23(19)28/h3-14,30H,2,15-16H2,1H3. The lowest BCUT2D eigenvalue weighted by Gasteiger charge is -2.17. The molecule has 0 fully saturated rings. The van der Waals surface area contributed by atoms with Gasteiger partial charge in [-0.1, -0.05) is 54.1 Å². The Kier molecular flexibility index (Phi) is 7.18. The fraction of sp³-hybridized carbons (Fsp3) is 0.154. The summed E-state index contributed by atoms with van der Waals surface area (Å²) in [6, 6.07) is 22.7. The fourth-order valence-electron chi connectivity index (χ4n) is 3.49. The van der Waals surface area contributed by atoms with Crippen LogP contribution in [0.3, 0.4) is 0 Å². The molecule has 0 radical (unpaired) electrons. The minimum atomic E-state index is -0.377. The number of anilines is 1. The van der Waals surface area contributed by atoms with Gasteiger partial charge in [0, 0.05) is 23.2 Å². The lowest BCUT2D eigenvalue weighted by Crippen LogP contribution is -2.04. The number of nitrogens with one attached hydrogen (secondary N) is 1. The summed E-state index contributed by atoms with van der Waals surface area (Å²) in [6.07, 6.45) is 0. The minimum Gasteiger partial charge on any atom is -0.490 e. The van der Waals surface area contributed by atoms with Crippen molar-refractivity contribution in [3.63, 3.8) is 0 Å². The molecule has 32 heavy (non-hydrogen) atoms. The maximum Gasteiger partial charge on any atom is 0.175 e. The molecular formula is C26H22BrClFNO2. The summed E-state index contributed by atoms with van der Waals surface area (Å²) in [5.41, 5.74) is 2.81. The van der Waals surface area contributed by atoms with Gasteiger partial charge >= 0.3 is 0 Å². The predicted octanol–water partition coefficient (Wildman–Crippen LogP) is 7.98. The van der Waals surface area contributed by atoms with Crippen LogP contribution in [0.5, 0.6) is 11.5 Å². The molecule has 0 atom stereocenters. The van der Waals surface area contributed by atoms with Crippen LogP contribution in [0.2, 0.25) is 5.02 Å². The summed E-state index contributed by atoms with van der Waals surface area (Å²) < 4.78 is 25.9. The highest BCUT2D eigenvalue weighted by atomic mass is 79.9. The van der Waals surface area contributed by atoms with E-state index in [9.17, 15) is 4.39 Å². The fourth-order valence-corrected chi connectivity index (χ4v) is 4.32. The van der Waals surface area contributed by atoms with E-state index in [4.69, 9.17) is 21.1 Å². The molecule has 0 unspecified atom stereocenters. The van der Waals surface area contributed by atoms with Gasteiger partial charge in [0.15, 0.2) is 11.5 Å². The highest BCUT2D eigenvalue weighted by Gasteiger charge is 2.14. The first kappa shape index (κ1) is 22.4. The van der Waals surface area contributed by atoms with Crippen molar-refractivity contribution in [1.29, 1.82) is 0 Å². The second-order valence-electron chi connectivity index (χ2n) is 7.24. The zero-order valence-corrected chi connectivity index (χ0v) is 19.8. The second-order valence-corrected chi connectivity index (χ2v) is 8.50. The maximum absolute atomic E-state index is 13.3. The van der Waals surface area contributed by atoms with E-state index in [2.05, 4.69) is 45.5 Å². The van der Waals surface area contributed by atoms with Crippen molar-refractivity contribution in [3.8, 4) is 11.5 Å². The van der Waals surface area contributed by atoms with Gasteiger partial charge in [-0.25, -0.2) is 4.39 Å². The quantitative estimate of drug-likeness (QED) is 0.258. The highest BCUT2D eigenvalue weighted by molar-refractivity contribution is 9.10. The molecule has 0 amide bonds. The largest absolute Gasteiger partial charge is 0.490 e. The molecule has 0 heterocycles. The summed E-state index contributed by atoms with van der Waals surface area (Å²) in [4.78, 5) is 0. The van der Waals surface area contributed by atoms with Gasteiger partial charge in [0.2, 0.25) is 0 Å². The van der Waals surface area contributed by atoms with Gasteiger partial charge in [0.1, 0.15) is 12.4 Å². The Morgan fingerprint density at radius 3 is 2.59 bits per heavy atom. The Balaban J connectivity index is 1.54. The molecule has 0 bridgehead atoms. The summed E-state index contributed by atoms with van der Waals surface area (Å²) >= 11 is 9.74. The highest BCUT2D eigenvalue weighted by Crippen LogP contribution is 2.38. The third kappa shape index (κ3) is 5.17. The van der Waals surface area contributed by atoms with E-state index in [1.54, 1.807) is 6.07 Å². The van der Waals surface area contributed by atoms with Gasteiger partial charge in [0.05, 0.1) is 16.1 Å². The number of hydrogen-bond donors (Lipinski definition) is 1. The number of ether oxygens (including phenoxy) is 2. The molecule has 0 aromatic heterocycles. The third-order valence-electron chi connectivity index (χ3n) is 5.03. The van der Waals surface area contributed by atoms with Gasteiger partial charge in [-0.2, -0.15) is 0 Å². The molecule has 0 saturated heterocycles. The lowest BCUT2D eigenvalue weighted by molar-refractivity contribution is 0.267. The molecule has 4 aromatic rings. The van der Waals surface area contributed by atoms with Crippen molar-refractivity contribution in [2.45, 2.75) is 20.1 Å². The second kappa shape index (κ2) is 10.2. The van der Waals surface area contributed by atoms with Crippen molar-refractivity contribution in [2.75, 3.05) is 11.9 Å². The van der Waals surface area contributed by atoms with E-state index < -0.39 is 0 Å². The molecule has 4 aromatic carbocycles. The average molecular weight is 515 g/mol. The number of hydrogen-bond acceptors (Lipinski definition) is 3. The SMILES string of the molecule is CCOc1cc(CNc2cccc3ccccc23)cc(Br)c1OCc1ccc(F)cc1Cl. The normalized spacial score (nSPS) is 10.9. The van der Waals surface area contributed by atoms with Crippen LogP contribution >= 0.6 is 27.5 Å².